The summed E-state index contributed by atoms with van der Waals surface area (Å²) in [6.07, 6.45) is 1.51. The Morgan fingerprint density at radius 2 is 2.22 bits per heavy atom. The van der Waals surface area contributed by atoms with E-state index in [9.17, 15) is 8.42 Å². The Balaban J connectivity index is 2.71. The van der Waals surface area contributed by atoms with Gasteiger partial charge in [0.2, 0.25) is 10.0 Å². The first kappa shape index (κ1) is 15.2. The first-order chi connectivity index (χ1) is 8.52. The molecule has 0 spiro atoms. The molecule has 0 bridgehead atoms. The topological polar surface area (TPSA) is 74.4 Å². The zero-order chi connectivity index (χ0) is 13.6. The summed E-state index contributed by atoms with van der Waals surface area (Å²) in [7, 11) is -0.0592. The molecule has 6 nitrogen and oxygen atoms in total. The number of hydrogen-bond acceptors (Lipinski definition) is 4. The molecule has 0 aliphatic heterocycles. The Labute approximate surface area is 108 Å². The molecule has 0 aliphatic rings. The van der Waals surface area contributed by atoms with Crippen LogP contribution >= 0.6 is 0 Å². The van der Waals surface area contributed by atoms with E-state index in [4.69, 9.17) is 4.74 Å². The predicted octanol–water partition coefficient (Wildman–Crippen LogP) is 0.391. The van der Waals surface area contributed by atoms with Crippen molar-refractivity contribution < 1.29 is 13.2 Å². The molecule has 0 atom stereocenters. The van der Waals surface area contributed by atoms with Crippen LogP contribution in [-0.2, 0) is 21.3 Å². The van der Waals surface area contributed by atoms with E-state index in [2.05, 4.69) is 10.3 Å². The van der Waals surface area contributed by atoms with Gasteiger partial charge in [0, 0.05) is 38.6 Å². The van der Waals surface area contributed by atoms with Gasteiger partial charge in [-0.3, -0.25) is 0 Å². The van der Waals surface area contributed by atoms with Crippen LogP contribution in [-0.4, -0.2) is 51.6 Å². The molecule has 1 aromatic heterocycles. The van der Waals surface area contributed by atoms with Crippen molar-refractivity contribution in [3.63, 3.8) is 0 Å². The number of ether oxygens (including phenoxy) is 1. The van der Waals surface area contributed by atoms with Gasteiger partial charge in [0.25, 0.3) is 0 Å². The summed E-state index contributed by atoms with van der Waals surface area (Å²) in [4.78, 5) is 3.22. The molecule has 2 N–H and O–H groups in total. The smallest absolute Gasteiger partial charge is 0.244 e. The molecule has 0 fully saturated rings. The van der Waals surface area contributed by atoms with Crippen molar-refractivity contribution in [3.8, 4) is 0 Å². The quantitative estimate of drug-likeness (QED) is 0.673. The molecule has 0 saturated carbocycles. The van der Waals surface area contributed by atoms with Crippen molar-refractivity contribution >= 4 is 10.0 Å². The zero-order valence-corrected chi connectivity index (χ0v) is 11.9. The highest BCUT2D eigenvalue weighted by molar-refractivity contribution is 7.89. The molecule has 0 radical (unpaired) electrons. The largest absolute Gasteiger partial charge is 0.380 e. The van der Waals surface area contributed by atoms with Crippen molar-refractivity contribution in [2.24, 2.45) is 0 Å². The SMILES string of the molecule is CCOCCN(C)S(=O)(=O)c1c[nH]c(CNC)c1. The number of hydrogen-bond donors (Lipinski definition) is 2. The van der Waals surface area contributed by atoms with Crippen LogP contribution in [0.5, 0.6) is 0 Å². The molecule has 1 heterocycles. The summed E-state index contributed by atoms with van der Waals surface area (Å²) in [5.41, 5.74) is 0.842. The van der Waals surface area contributed by atoms with Crippen LogP contribution in [0.1, 0.15) is 12.6 Å². The average Bonchev–Trinajstić information content (AvgIpc) is 2.79. The number of aromatic amines is 1. The van der Waals surface area contributed by atoms with Gasteiger partial charge >= 0.3 is 0 Å². The van der Waals surface area contributed by atoms with Crippen LogP contribution in [0.2, 0.25) is 0 Å². The summed E-state index contributed by atoms with van der Waals surface area (Å²) in [5, 5.41) is 2.96. The third-order valence-electron chi connectivity index (χ3n) is 2.55. The number of nitrogens with zero attached hydrogens (tertiary/aromatic N) is 1. The summed E-state index contributed by atoms with van der Waals surface area (Å²) >= 11 is 0. The van der Waals surface area contributed by atoms with Crippen LogP contribution in [0.25, 0.3) is 0 Å². The van der Waals surface area contributed by atoms with Gasteiger partial charge in [-0.2, -0.15) is 4.31 Å². The second kappa shape index (κ2) is 6.89. The maximum absolute atomic E-state index is 12.2. The van der Waals surface area contributed by atoms with Crippen molar-refractivity contribution in [2.75, 3.05) is 33.9 Å². The van der Waals surface area contributed by atoms with Crippen LogP contribution in [0.15, 0.2) is 17.2 Å². The average molecular weight is 275 g/mol. The number of aromatic nitrogens is 1. The Bertz CT molecular complexity index is 456. The Morgan fingerprint density at radius 3 is 2.83 bits per heavy atom. The Morgan fingerprint density at radius 1 is 1.50 bits per heavy atom. The van der Waals surface area contributed by atoms with E-state index in [1.165, 1.54) is 10.5 Å². The third-order valence-corrected chi connectivity index (χ3v) is 4.38. The molecule has 0 saturated heterocycles. The fraction of sp³-hybridized carbons (Fsp3) is 0.636. The molecule has 0 aromatic carbocycles. The molecule has 1 aromatic rings. The summed E-state index contributed by atoms with van der Waals surface area (Å²) in [6, 6.07) is 1.64. The highest BCUT2D eigenvalue weighted by Crippen LogP contribution is 2.15. The van der Waals surface area contributed by atoms with Gasteiger partial charge in [0.15, 0.2) is 0 Å². The van der Waals surface area contributed by atoms with Gasteiger partial charge in [-0.05, 0) is 20.0 Å². The summed E-state index contributed by atoms with van der Waals surface area (Å²) in [5.74, 6) is 0. The van der Waals surface area contributed by atoms with Gasteiger partial charge in [-0.25, -0.2) is 8.42 Å². The van der Waals surface area contributed by atoms with Crippen LogP contribution in [0, 0.1) is 0 Å². The van der Waals surface area contributed by atoms with Gasteiger partial charge in [0.05, 0.1) is 11.5 Å². The Kier molecular flexibility index (Phi) is 5.80. The zero-order valence-electron chi connectivity index (χ0n) is 11.1. The second-order valence-electron chi connectivity index (χ2n) is 3.91. The van der Waals surface area contributed by atoms with E-state index in [0.29, 0.717) is 26.3 Å². The maximum atomic E-state index is 12.2. The van der Waals surface area contributed by atoms with E-state index in [0.717, 1.165) is 5.69 Å². The molecule has 1 rings (SSSR count). The van der Waals surface area contributed by atoms with Crippen molar-refractivity contribution in [1.82, 2.24) is 14.6 Å². The lowest BCUT2D eigenvalue weighted by Gasteiger charge is -2.15. The summed E-state index contributed by atoms with van der Waals surface area (Å²) < 4.78 is 30.8. The standard InChI is InChI=1S/C11H21N3O3S/c1-4-17-6-5-14(3)18(15,16)11-7-10(8-12-2)13-9-11/h7,9,12-13H,4-6,8H2,1-3H3. The molecule has 0 aliphatic carbocycles. The van der Waals surface area contributed by atoms with Crippen LogP contribution in [0.4, 0.5) is 0 Å². The predicted molar refractivity (Wildman–Crippen MR) is 69.9 cm³/mol. The fourth-order valence-electron chi connectivity index (χ4n) is 1.50. The number of likely N-dealkylation sites (N-methyl/N-ethyl adjacent to an activating group) is 1. The van der Waals surface area contributed by atoms with Crippen molar-refractivity contribution in [1.29, 1.82) is 0 Å². The minimum absolute atomic E-state index is 0.284. The fourth-order valence-corrected chi connectivity index (χ4v) is 2.67. The maximum Gasteiger partial charge on any atom is 0.244 e. The summed E-state index contributed by atoms with van der Waals surface area (Å²) in [6.45, 7) is 3.83. The van der Waals surface area contributed by atoms with E-state index < -0.39 is 10.0 Å². The highest BCUT2D eigenvalue weighted by atomic mass is 32.2. The van der Waals surface area contributed by atoms with Gasteiger partial charge < -0.3 is 15.0 Å². The van der Waals surface area contributed by atoms with Gasteiger partial charge in [-0.15, -0.1) is 0 Å². The molecule has 104 valence electrons. The van der Waals surface area contributed by atoms with Gasteiger partial charge in [0.1, 0.15) is 0 Å². The Hall–Kier alpha value is -0.890. The molecule has 7 heteroatoms. The monoisotopic (exact) mass is 275 g/mol. The minimum Gasteiger partial charge on any atom is -0.380 e. The number of nitrogens with one attached hydrogen (secondary N) is 2. The van der Waals surface area contributed by atoms with Crippen molar-refractivity contribution in [2.45, 2.75) is 18.4 Å². The van der Waals surface area contributed by atoms with E-state index in [1.54, 1.807) is 13.1 Å². The lowest BCUT2D eigenvalue weighted by molar-refractivity contribution is 0.138. The molecular formula is C11H21N3O3S. The van der Waals surface area contributed by atoms with E-state index in [-0.39, 0.29) is 4.90 Å². The second-order valence-corrected chi connectivity index (χ2v) is 5.96. The van der Waals surface area contributed by atoms with E-state index >= 15 is 0 Å². The molecular weight excluding hydrogens is 254 g/mol. The lowest BCUT2D eigenvalue weighted by Crippen LogP contribution is -2.30. The van der Waals surface area contributed by atoms with Gasteiger partial charge in [-0.1, -0.05) is 0 Å². The normalized spacial score (nSPS) is 12.2. The number of H-pyrrole nitrogens is 1. The van der Waals surface area contributed by atoms with E-state index in [1.807, 2.05) is 14.0 Å². The first-order valence-electron chi connectivity index (χ1n) is 5.88. The lowest BCUT2D eigenvalue weighted by atomic mass is 10.4. The molecule has 0 unspecified atom stereocenters. The third kappa shape index (κ3) is 3.81. The minimum atomic E-state index is -3.42. The molecule has 0 amide bonds. The number of sulfonamides is 1. The molecule has 18 heavy (non-hydrogen) atoms. The van der Waals surface area contributed by atoms with Crippen LogP contribution in [0.3, 0.4) is 0 Å². The first-order valence-corrected chi connectivity index (χ1v) is 7.32. The number of rotatable bonds is 8. The van der Waals surface area contributed by atoms with Crippen LogP contribution < -0.4 is 5.32 Å². The van der Waals surface area contributed by atoms with Crippen molar-refractivity contribution in [3.05, 3.63) is 18.0 Å². The highest BCUT2D eigenvalue weighted by Gasteiger charge is 2.21.